The lowest BCUT2D eigenvalue weighted by molar-refractivity contribution is -0.134. The fourth-order valence-corrected chi connectivity index (χ4v) is 3.17. The minimum Gasteiger partial charge on any atom is -0.338 e. The highest BCUT2D eigenvalue weighted by Gasteiger charge is 2.39. The normalized spacial score (nSPS) is 30.9. The second kappa shape index (κ2) is 5.00. The van der Waals surface area contributed by atoms with Crippen LogP contribution in [0.5, 0.6) is 0 Å². The smallest absolute Gasteiger partial charge is 0.240 e. The Labute approximate surface area is 97.7 Å². The Hall–Kier alpha value is -0.830. The summed E-state index contributed by atoms with van der Waals surface area (Å²) in [4.78, 5) is 14.2. The lowest BCUT2D eigenvalue weighted by atomic mass is 9.85. The van der Waals surface area contributed by atoms with Gasteiger partial charge in [-0.1, -0.05) is 18.9 Å². The second-order valence-corrected chi connectivity index (χ2v) is 5.06. The van der Waals surface area contributed by atoms with Crippen LogP contribution in [0.15, 0.2) is 12.7 Å². The Morgan fingerprint density at radius 1 is 1.44 bits per heavy atom. The van der Waals surface area contributed by atoms with Crippen LogP contribution in [0, 0.1) is 5.92 Å². The number of likely N-dealkylation sites (tertiary alicyclic amines) is 1. The van der Waals surface area contributed by atoms with Crippen LogP contribution in [0.3, 0.4) is 0 Å². The van der Waals surface area contributed by atoms with Gasteiger partial charge in [-0.25, -0.2) is 0 Å². The van der Waals surface area contributed by atoms with Gasteiger partial charge in [-0.05, 0) is 31.6 Å². The van der Waals surface area contributed by atoms with Crippen molar-refractivity contribution in [3.8, 4) is 0 Å². The summed E-state index contributed by atoms with van der Waals surface area (Å²) in [7, 11) is 0. The van der Waals surface area contributed by atoms with Crippen LogP contribution in [0.25, 0.3) is 0 Å². The molecule has 1 heterocycles. The van der Waals surface area contributed by atoms with Crippen molar-refractivity contribution in [1.82, 2.24) is 4.90 Å². The molecule has 1 aliphatic heterocycles. The molecule has 0 aromatic rings. The number of nitrogens with zero attached hydrogens (tertiary/aromatic N) is 1. The van der Waals surface area contributed by atoms with E-state index >= 15 is 0 Å². The number of nitrogens with two attached hydrogens (primary N) is 1. The summed E-state index contributed by atoms with van der Waals surface area (Å²) in [6.07, 6.45) is 8.58. The Balaban J connectivity index is 1.98. The van der Waals surface area contributed by atoms with Gasteiger partial charge in [-0.2, -0.15) is 0 Å². The van der Waals surface area contributed by atoms with E-state index in [1.54, 1.807) is 6.08 Å². The Kier molecular flexibility index (Phi) is 3.64. The van der Waals surface area contributed by atoms with Gasteiger partial charge in [-0.15, -0.1) is 6.58 Å². The second-order valence-electron chi connectivity index (χ2n) is 5.06. The molecular weight excluding hydrogens is 200 g/mol. The van der Waals surface area contributed by atoms with Crippen molar-refractivity contribution in [1.29, 1.82) is 0 Å². The average molecular weight is 222 g/mol. The summed E-state index contributed by atoms with van der Waals surface area (Å²) < 4.78 is 0. The minimum atomic E-state index is -0.377. The zero-order chi connectivity index (χ0) is 11.5. The molecule has 0 bridgehead atoms. The van der Waals surface area contributed by atoms with E-state index in [-0.39, 0.29) is 11.9 Å². The van der Waals surface area contributed by atoms with Gasteiger partial charge in [0.1, 0.15) is 0 Å². The third-order valence-electron chi connectivity index (χ3n) is 4.03. The summed E-state index contributed by atoms with van der Waals surface area (Å²) in [5.74, 6) is 0.878. The number of hydrogen-bond acceptors (Lipinski definition) is 2. The van der Waals surface area contributed by atoms with Gasteiger partial charge < -0.3 is 10.6 Å². The van der Waals surface area contributed by atoms with E-state index in [1.807, 2.05) is 4.90 Å². The summed E-state index contributed by atoms with van der Waals surface area (Å²) in [6, 6.07) is 0.107. The molecule has 2 N–H and O–H groups in total. The van der Waals surface area contributed by atoms with E-state index in [9.17, 15) is 4.79 Å². The predicted octanol–water partition coefficient (Wildman–Crippen LogP) is 1.68. The van der Waals surface area contributed by atoms with Crippen LogP contribution in [-0.4, -0.2) is 29.4 Å². The molecule has 2 fully saturated rings. The van der Waals surface area contributed by atoms with Crippen molar-refractivity contribution in [3.05, 3.63) is 12.7 Å². The molecule has 0 radical (unpaired) electrons. The third-order valence-corrected chi connectivity index (χ3v) is 4.03. The molecule has 3 unspecified atom stereocenters. The lowest BCUT2D eigenvalue weighted by Gasteiger charge is -2.32. The van der Waals surface area contributed by atoms with E-state index in [1.165, 1.54) is 32.1 Å². The predicted molar refractivity (Wildman–Crippen MR) is 64.9 cm³/mol. The van der Waals surface area contributed by atoms with Gasteiger partial charge in [0.2, 0.25) is 5.91 Å². The van der Waals surface area contributed by atoms with E-state index in [0.29, 0.717) is 12.5 Å². The number of hydrogen-bond donors (Lipinski definition) is 1. The monoisotopic (exact) mass is 222 g/mol. The molecule has 16 heavy (non-hydrogen) atoms. The first-order chi connectivity index (χ1) is 7.74. The molecule has 3 nitrogen and oxygen atoms in total. The van der Waals surface area contributed by atoms with Crippen molar-refractivity contribution in [2.75, 3.05) is 6.54 Å². The van der Waals surface area contributed by atoms with E-state index in [2.05, 4.69) is 6.58 Å². The molecule has 1 amide bonds. The summed E-state index contributed by atoms with van der Waals surface area (Å²) >= 11 is 0. The summed E-state index contributed by atoms with van der Waals surface area (Å²) in [6.45, 7) is 4.56. The Bertz CT molecular complexity index is 277. The molecule has 0 aromatic carbocycles. The van der Waals surface area contributed by atoms with Crippen LogP contribution in [-0.2, 0) is 4.79 Å². The molecule has 90 valence electrons. The number of rotatable bonds is 3. The standard InChI is InChI=1S/C13H22N2O/c1-2-5-11(14)13(16)15-9-8-10-6-3-4-7-12(10)15/h2,10-12H,1,3-9,14H2. The molecule has 0 spiro atoms. The summed E-state index contributed by atoms with van der Waals surface area (Å²) in [5, 5.41) is 0. The first-order valence-electron chi connectivity index (χ1n) is 6.41. The molecule has 1 aliphatic carbocycles. The molecule has 3 atom stereocenters. The Morgan fingerprint density at radius 2 is 2.19 bits per heavy atom. The van der Waals surface area contributed by atoms with E-state index in [0.717, 1.165) is 12.5 Å². The van der Waals surface area contributed by atoms with Gasteiger partial charge in [0.15, 0.2) is 0 Å². The van der Waals surface area contributed by atoms with Crippen LogP contribution in [0.4, 0.5) is 0 Å². The zero-order valence-electron chi connectivity index (χ0n) is 9.90. The molecule has 2 rings (SSSR count). The number of amides is 1. The SMILES string of the molecule is C=CCC(N)C(=O)N1CCC2CCCCC21. The third kappa shape index (κ3) is 2.14. The fraction of sp³-hybridized carbons (Fsp3) is 0.769. The van der Waals surface area contributed by atoms with Gasteiger partial charge in [0.05, 0.1) is 6.04 Å². The van der Waals surface area contributed by atoms with Crippen molar-refractivity contribution in [2.45, 2.75) is 50.6 Å². The van der Waals surface area contributed by atoms with Crippen LogP contribution >= 0.6 is 0 Å². The van der Waals surface area contributed by atoms with E-state index < -0.39 is 0 Å². The van der Waals surface area contributed by atoms with E-state index in [4.69, 9.17) is 5.73 Å². The van der Waals surface area contributed by atoms with Crippen molar-refractivity contribution in [2.24, 2.45) is 11.7 Å². The highest BCUT2D eigenvalue weighted by Crippen LogP contribution is 2.36. The first kappa shape index (κ1) is 11.6. The van der Waals surface area contributed by atoms with Crippen LogP contribution < -0.4 is 5.73 Å². The maximum Gasteiger partial charge on any atom is 0.240 e. The van der Waals surface area contributed by atoms with Crippen molar-refractivity contribution < 1.29 is 4.79 Å². The average Bonchev–Trinajstić information content (AvgIpc) is 2.72. The first-order valence-corrected chi connectivity index (χ1v) is 6.41. The molecule has 2 aliphatic rings. The largest absolute Gasteiger partial charge is 0.338 e. The van der Waals surface area contributed by atoms with Gasteiger partial charge in [0.25, 0.3) is 0 Å². The maximum absolute atomic E-state index is 12.1. The summed E-state index contributed by atoms with van der Waals surface area (Å²) in [5.41, 5.74) is 5.87. The number of carbonyl (C=O) groups is 1. The zero-order valence-corrected chi connectivity index (χ0v) is 9.90. The highest BCUT2D eigenvalue weighted by atomic mass is 16.2. The molecule has 3 heteroatoms. The van der Waals surface area contributed by atoms with Crippen molar-refractivity contribution >= 4 is 5.91 Å². The number of fused-ring (bicyclic) bond motifs is 1. The quantitative estimate of drug-likeness (QED) is 0.738. The Morgan fingerprint density at radius 3 is 2.94 bits per heavy atom. The number of carbonyl (C=O) groups excluding carboxylic acids is 1. The van der Waals surface area contributed by atoms with Gasteiger partial charge in [-0.3, -0.25) is 4.79 Å². The maximum atomic E-state index is 12.1. The molecular formula is C13H22N2O. The highest BCUT2D eigenvalue weighted by molar-refractivity contribution is 5.82. The van der Waals surface area contributed by atoms with Gasteiger partial charge in [0, 0.05) is 12.6 Å². The molecule has 1 saturated carbocycles. The fourth-order valence-electron chi connectivity index (χ4n) is 3.17. The van der Waals surface area contributed by atoms with Crippen LogP contribution in [0.2, 0.25) is 0 Å². The molecule has 1 saturated heterocycles. The lowest BCUT2D eigenvalue weighted by Crippen LogP contribution is -2.47. The minimum absolute atomic E-state index is 0.134. The van der Waals surface area contributed by atoms with Crippen LogP contribution in [0.1, 0.15) is 38.5 Å². The topological polar surface area (TPSA) is 46.3 Å². The molecule has 0 aromatic heterocycles. The van der Waals surface area contributed by atoms with Gasteiger partial charge >= 0.3 is 0 Å². The van der Waals surface area contributed by atoms with Crippen molar-refractivity contribution in [3.63, 3.8) is 0 Å².